The first-order chi connectivity index (χ1) is 12.8. The molecule has 0 amide bonds. The average Bonchev–Trinajstić information content (AvgIpc) is 2.65. The van der Waals surface area contributed by atoms with Gasteiger partial charge in [0.15, 0.2) is 17.6 Å². The topological polar surface area (TPSA) is 61.8 Å². The van der Waals surface area contributed by atoms with Crippen molar-refractivity contribution in [3.8, 4) is 11.5 Å². The summed E-state index contributed by atoms with van der Waals surface area (Å²) in [6.07, 6.45) is 1.76. The third-order valence-corrected chi connectivity index (χ3v) is 4.15. The Bertz CT molecular complexity index is 877. The van der Waals surface area contributed by atoms with E-state index < -0.39 is 12.1 Å². The average molecular weight is 409 g/mol. The van der Waals surface area contributed by atoms with E-state index in [1.807, 2.05) is 0 Å². The zero-order valence-electron chi connectivity index (χ0n) is 15.0. The minimum atomic E-state index is -0.949. The molecule has 2 aromatic rings. The molecular formula is C20H18Cl2O5. The standard InChI is InChI=1S/C20H18Cl2O5/c1-12(19(24)14-5-4-6-15(21)11-14)27-18(23)8-7-13-9-16(22)20(26-3)17(10-13)25-2/h4-12H,1-3H3/b8-7+. The lowest BCUT2D eigenvalue weighted by Crippen LogP contribution is -2.23. The van der Waals surface area contributed by atoms with Gasteiger partial charge in [-0.1, -0.05) is 35.3 Å². The van der Waals surface area contributed by atoms with Crippen LogP contribution in [0.2, 0.25) is 10.0 Å². The van der Waals surface area contributed by atoms with Crippen molar-refractivity contribution in [2.24, 2.45) is 0 Å². The predicted octanol–water partition coefficient (Wildman–Crippen LogP) is 4.84. The molecule has 7 heteroatoms. The third-order valence-electron chi connectivity index (χ3n) is 3.64. The van der Waals surface area contributed by atoms with Crippen LogP contribution in [0.5, 0.6) is 11.5 Å². The first-order valence-electron chi connectivity index (χ1n) is 7.95. The smallest absolute Gasteiger partial charge is 0.331 e. The van der Waals surface area contributed by atoms with Gasteiger partial charge in [-0.05, 0) is 42.8 Å². The molecule has 1 atom stereocenters. The van der Waals surface area contributed by atoms with Crippen molar-refractivity contribution < 1.29 is 23.8 Å². The molecule has 0 heterocycles. The van der Waals surface area contributed by atoms with E-state index in [1.54, 1.807) is 30.3 Å². The maximum Gasteiger partial charge on any atom is 0.331 e. The fourth-order valence-corrected chi connectivity index (χ4v) is 2.83. The van der Waals surface area contributed by atoms with Crippen LogP contribution in [0.3, 0.4) is 0 Å². The minimum Gasteiger partial charge on any atom is -0.493 e. The molecule has 0 aromatic heterocycles. The van der Waals surface area contributed by atoms with Gasteiger partial charge in [0, 0.05) is 16.7 Å². The number of hydrogen-bond acceptors (Lipinski definition) is 5. The Hall–Kier alpha value is -2.50. The predicted molar refractivity (Wildman–Crippen MR) is 105 cm³/mol. The van der Waals surface area contributed by atoms with Gasteiger partial charge >= 0.3 is 5.97 Å². The van der Waals surface area contributed by atoms with E-state index >= 15 is 0 Å². The van der Waals surface area contributed by atoms with E-state index in [0.29, 0.717) is 32.7 Å². The van der Waals surface area contributed by atoms with Crippen LogP contribution >= 0.6 is 23.2 Å². The second-order valence-electron chi connectivity index (χ2n) is 5.53. The molecular weight excluding hydrogens is 391 g/mol. The highest BCUT2D eigenvalue weighted by Crippen LogP contribution is 2.36. The monoisotopic (exact) mass is 408 g/mol. The second-order valence-corrected chi connectivity index (χ2v) is 6.37. The fourth-order valence-electron chi connectivity index (χ4n) is 2.34. The van der Waals surface area contributed by atoms with Gasteiger partial charge in [0.1, 0.15) is 0 Å². The van der Waals surface area contributed by atoms with Crippen molar-refractivity contribution in [1.82, 2.24) is 0 Å². The lowest BCUT2D eigenvalue weighted by molar-refractivity contribution is -0.140. The normalized spacial score (nSPS) is 11.9. The highest BCUT2D eigenvalue weighted by atomic mass is 35.5. The van der Waals surface area contributed by atoms with Gasteiger partial charge in [-0.2, -0.15) is 0 Å². The molecule has 0 fully saturated rings. The molecule has 0 saturated heterocycles. The van der Waals surface area contributed by atoms with Crippen LogP contribution in [0.15, 0.2) is 42.5 Å². The first-order valence-corrected chi connectivity index (χ1v) is 8.71. The molecule has 0 aliphatic carbocycles. The SMILES string of the molecule is COc1cc(/C=C/C(=O)OC(C)C(=O)c2cccc(Cl)c2)cc(Cl)c1OC. The number of Topliss-reactive ketones (excluding diaryl/α,β-unsaturated/α-hetero) is 1. The van der Waals surface area contributed by atoms with Crippen LogP contribution in [0.1, 0.15) is 22.8 Å². The fraction of sp³-hybridized carbons (Fsp3) is 0.200. The van der Waals surface area contributed by atoms with Crippen molar-refractivity contribution in [1.29, 1.82) is 0 Å². The Morgan fingerprint density at radius 1 is 1.07 bits per heavy atom. The van der Waals surface area contributed by atoms with Crippen molar-refractivity contribution in [2.45, 2.75) is 13.0 Å². The number of ketones is 1. The summed E-state index contributed by atoms with van der Waals surface area (Å²) in [5.74, 6) is -0.167. The molecule has 5 nitrogen and oxygen atoms in total. The van der Waals surface area contributed by atoms with Crippen molar-refractivity contribution in [2.75, 3.05) is 14.2 Å². The van der Waals surface area contributed by atoms with Gasteiger partial charge in [-0.25, -0.2) is 4.79 Å². The second kappa shape index (κ2) is 9.44. The molecule has 2 rings (SSSR count). The minimum absolute atomic E-state index is 0.339. The highest BCUT2D eigenvalue weighted by molar-refractivity contribution is 6.32. The zero-order valence-corrected chi connectivity index (χ0v) is 16.5. The summed E-state index contributed by atoms with van der Waals surface area (Å²) in [4.78, 5) is 24.3. The number of hydrogen-bond donors (Lipinski definition) is 0. The van der Waals surface area contributed by atoms with Crippen molar-refractivity contribution >= 4 is 41.0 Å². The van der Waals surface area contributed by atoms with Gasteiger partial charge < -0.3 is 14.2 Å². The van der Waals surface area contributed by atoms with Gasteiger partial charge in [0.05, 0.1) is 19.2 Å². The molecule has 0 spiro atoms. The molecule has 0 saturated carbocycles. The maximum absolute atomic E-state index is 12.3. The number of carbonyl (C=O) groups is 2. The summed E-state index contributed by atoms with van der Waals surface area (Å²) in [6.45, 7) is 1.50. The van der Waals surface area contributed by atoms with Gasteiger partial charge in [0.25, 0.3) is 0 Å². The van der Waals surface area contributed by atoms with E-state index in [0.717, 1.165) is 0 Å². The van der Waals surface area contributed by atoms with Crippen LogP contribution in [0.4, 0.5) is 0 Å². The molecule has 0 aliphatic rings. The Morgan fingerprint density at radius 3 is 2.44 bits per heavy atom. The summed E-state index contributed by atoms with van der Waals surface area (Å²) in [7, 11) is 2.97. The molecule has 0 N–H and O–H groups in total. The lowest BCUT2D eigenvalue weighted by Gasteiger charge is -2.11. The van der Waals surface area contributed by atoms with Crippen LogP contribution in [-0.2, 0) is 9.53 Å². The van der Waals surface area contributed by atoms with Crippen molar-refractivity contribution in [3.63, 3.8) is 0 Å². The molecule has 27 heavy (non-hydrogen) atoms. The molecule has 0 bridgehead atoms. The molecule has 142 valence electrons. The Morgan fingerprint density at radius 2 is 1.81 bits per heavy atom. The number of carbonyl (C=O) groups excluding carboxylic acids is 2. The third kappa shape index (κ3) is 5.49. The van der Waals surface area contributed by atoms with E-state index in [4.69, 9.17) is 37.4 Å². The summed E-state index contributed by atoms with van der Waals surface area (Å²) in [5.41, 5.74) is 0.988. The number of benzene rings is 2. The summed E-state index contributed by atoms with van der Waals surface area (Å²) in [6, 6.07) is 9.73. The van der Waals surface area contributed by atoms with E-state index in [-0.39, 0.29) is 5.78 Å². The molecule has 2 aromatic carbocycles. The lowest BCUT2D eigenvalue weighted by atomic mass is 10.1. The van der Waals surface area contributed by atoms with Crippen LogP contribution in [-0.4, -0.2) is 32.1 Å². The van der Waals surface area contributed by atoms with Crippen LogP contribution in [0, 0.1) is 0 Å². The number of ether oxygens (including phenoxy) is 3. The van der Waals surface area contributed by atoms with Crippen LogP contribution < -0.4 is 9.47 Å². The number of rotatable bonds is 7. The highest BCUT2D eigenvalue weighted by Gasteiger charge is 2.18. The van der Waals surface area contributed by atoms with E-state index in [1.165, 1.54) is 39.4 Å². The summed E-state index contributed by atoms with van der Waals surface area (Å²) in [5, 5.41) is 0.777. The number of methoxy groups -OCH3 is 2. The van der Waals surface area contributed by atoms with Gasteiger partial charge in [0.2, 0.25) is 5.78 Å². The Balaban J connectivity index is 2.06. The van der Waals surface area contributed by atoms with Crippen LogP contribution in [0.25, 0.3) is 6.08 Å². The van der Waals surface area contributed by atoms with Crippen molar-refractivity contribution in [3.05, 3.63) is 63.6 Å². The number of halogens is 2. The maximum atomic E-state index is 12.3. The summed E-state index contributed by atoms with van der Waals surface area (Å²) < 4.78 is 15.5. The number of esters is 1. The quantitative estimate of drug-likeness (QED) is 0.372. The zero-order chi connectivity index (χ0) is 20.0. The Kier molecular flexibility index (Phi) is 7.28. The summed E-state index contributed by atoms with van der Waals surface area (Å²) >= 11 is 12.0. The first kappa shape index (κ1) is 20.8. The van der Waals surface area contributed by atoms with Gasteiger partial charge in [-0.3, -0.25) is 4.79 Å². The van der Waals surface area contributed by atoms with E-state index in [2.05, 4.69) is 0 Å². The largest absolute Gasteiger partial charge is 0.493 e. The molecule has 0 aliphatic heterocycles. The van der Waals surface area contributed by atoms with Gasteiger partial charge in [-0.15, -0.1) is 0 Å². The molecule has 0 radical (unpaired) electrons. The molecule has 1 unspecified atom stereocenters. The van der Waals surface area contributed by atoms with E-state index in [9.17, 15) is 9.59 Å². The Labute approximate surface area is 167 Å².